The Balaban J connectivity index is 2.13. The first-order chi connectivity index (χ1) is 4.83. The number of quaternary nitrogens is 1. The highest BCUT2D eigenvalue weighted by Gasteiger charge is 2.19. The maximum absolute atomic E-state index is 8.67. The standard InChI is InChI=1S/C8H17NO/c9-8-3-1-7(2-4-8)5-6-10/h7-8,10H,1-6,9H2/p+1. The lowest BCUT2D eigenvalue weighted by molar-refractivity contribution is -0.426. The largest absolute Gasteiger partial charge is 0.396 e. The highest BCUT2D eigenvalue weighted by molar-refractivity contribution is 4.70. The van der Waals surface area contributed by atoms with Crippen molar-refractivity contribution in [2.75, 3.05) is 6.61 Å². The summed E-state index contributed by atoms with van der Waals surface area (Å²) in [5.74, 6) is 0.794. The van der Waals surface area contributed by atoms with Gasteiger partial charge in [0.2, 0.25) is 0 Å². The third-order valence-corrected chi connectivity index (χ3v) is 2.50. The van der Waals surface area contributed by atoms with E-state index in [1.54, 1.807) is 0 Å². The Bertz CT molecular complexity index is 87.3. The van der Waals surface area contributed by atoms with Gasteiger partial charge in [-0.15, -0.1) is 0 Å². The molecule has 0 spiro atoms. The van der Waals surface area contributed by atoms with Crippen molar-refractivity contribution < 1.29 is 10.8 Å². The van der Waals surface area contributed by atoms with Gasteiger partial charge in [-0.1, -0.05) is 0 Å². The molecule has 60 valence electrons. The van der Waals surface area contributed by atoms with E-state index < -0.39 is 0 Å². The summed E-state index contributed by atoms with van der Waals surface area (Å²) >= 11 is 0. The molecule has 0 aliphatic heterocycles. The number of aliphatic hydroxyl groups is 1. The van der Waals surface area contributed by atoms with Crippen LogP contribution in [0.5, 0.6) is 0 Å². The van der Waals surface area contributed by atoms with Gasteiger partial charge in [-0.2, -0.15) is 0 Å². The van der Waals surface area contributed by atoms with Crippen molar-refractivity contribution >= 4 is 0 Å². The summed E-state index contributed by atoms with van der Waals surface area (Å²) in [7, 11) is 0. The van der Waals surface area contributed by atoms with E-state index in [1.165, 1.54) is 25.7 Å². The van der Waals surface area contributed by atoms with Crippen LogP contribution in [0.4, 0.5) is 0 Å². The van der Waals surface area contributed by atoms with Crippen LogP contribution in [-0.4, -0.2) is 17.8 Å². The van der Waals surface area contributed by atoms with Gasteiger partial charge in [-0.25, -0.2) is 0 Å². The minimum absolute atomic E-state index is 0.368. The fraction of sp³-hybridized carbons (Fsp3) is 1.00. The summed E-state index contributed by atoms with van der Waals surface area (Å²) in [6.07, 6.45) is 6.12. The molecule has 1 saturated carbocycles. The highest BCUT2D eigenvalue weighted by Crippen LogP contribution is 2.24. The van der Waals surface area contributed by atoms with Crippen LogP contribution >= 0.6 is 0 Å². The average Bonchev–Trinajstić information content (AvgIpc) is 1.95. The van der Waals surface area contributed by atoms with Gasteiger partial charge in [-0.05, 0) is 38.0 Å². The fourth-order valence-corrected chi connectivity index (χ4v) is 1.70. The zero-order valence-corrected chi connectivity index (χ0v) is 6.55. The van der Waals surface area contributed by atoms with Gasteiger partial charge in [0.25, 0.3) is 0 Å². The van der Waals surface area contributed by atoms with E-state index in [4.69, 9.17) is 5.11 Å². The van der Waals surface area contributed by atoms with Crippen LogP contribution in [0.15, 0.2) is 0 Å². The van der Waals surface area contributed by atoms with Crippen LogP contribution in [-0.2, 0) is 0 Å². The minimum atomic E-state index is 0.368. The molecule has 0 atom stereocenters. The predicted octanol–water partition coefficient (Wildman–Crippen LogP) is 0.169. The molecular formula is C8H18NO+. The summed E-state index contributed by atoms with van der Waals surface area (Å²) in [4.78, 5) is 0. The van der Waals surface area contributed by atoms with E-state index >= 15 is 0 Å². The molecule has 2 nitrogen and oxygen atoms in total. The van der Waals surface area contributed by atoms with Gasteiger partial charge >= 0.3 is 0 Å². The highest BCUT2D eigenvalue weighted by atomic mass is 16.3. The molecule has 1 aliphatic carbocycles. The first-order valence-corrected chi connectivity index (χ1v) is 4.27. The first-order valence-electron chi connectivity index (χ1n) is 4.27. The molecule has 0 unspecified atom stereocenters. The molecule has 4 N–H and O–H groups in total. The minimum Gasteiger partial charge on any atom is -0.396 e. The van der Waals surface area contributed by atoms with E-state index in [0.717, 1.165) is 12.3 Å². The van der Waals surface area contributed by atoms with Gasteiger partial charge in [0.05, 0.1) is 6.04 Å². The summed E-state index contributed by atoms with van der Waals surface area (Å²) in [6, 6.07) is 0.690. The summed E-state index contributed by atoms with van der Waals surface area (Å²) in [5, 5.41) is 8.67. The van der Waals surface area contributed by atoms with Crippen molar-refractivity contribution in [1.29, 1.82) is 0 Å². The second kappa shape index (κ2) is 3.94. The van der Waals surface area contributed by atoms with E-state index in [-0.39, 0.29) is 0 Å². The number of aliphatic hydroxyl groups excluding tert-OH is 1. The van der Waals surface area contributed by atoms with Gasteiger partial charge in [0.15, 0.2) is 0 Å². The SMILES string of the molecule is [NH3+]C1CCC(CCO)CC1. The molecule has 1 aliphatic rings. The topological polar surface area (TPSA) is 47.9 Å². The lowest BCUT2D eigenvalue weighted by Gasteiger charge is -2.23. The van der Waals surface area contributed by atoms with Crippen molar-refractivity contribution in [3.63, 3.8) is 0 Å². The molecule has 10 heavy (non-hydrogen) atoms. The molecule has 1 fully saturated rings. The van der Waals surface area contributed by atoms with Crippen molar-refractivity contribution in [2.45, 2.75) is 38.1 Å². The lowest BCUT2D eigenvalue weighted by atomic mass is 9.85. The van der Waals surface area contributed by atoms with Crippen LogP contribution < -0.4 is 5.73 Å². The van der Waals surface area contributed by atoms with Gasteiger partial charge < -0.3 is 10.8 Å². The van der Waals surface area contributed by atoms with Gasteiger partial charge in [0.1, 0.15) is 0 Å². The molecule has 0 saturated heterocycles. The molecule has 0 amide bonds. The van der Waals surface area contributed by atoms with Crippen molar-refractivity contribution in [2.24, 2.45) is 5.92 Å². The van der Waals surface area contributed by atoms with Gasteiger partial charge in [-0.3, -0.25) is 0 Å². The molecule has 0 aromatic heterocycles. The molecule has 2 heteroatoms. The third-order valence-electron chi connectivity index (χ3n) is 2.50. The Morgan fingerprint density at radius 3 is 2.30 bits per heavy atom. The Morgan fingerprint density at radius 2 is 1.80 bits per heavy atom. The number of hydrogen-bond acceptors (Lipinski definition) is 1. The molecule has 0 heterocycles. The maximum atomic E-state index is 8.67. The van der Waals surface area contributed by atoms with Crippen LogP contribution in [0.3, 0.4) is 0 Å². The Kier molecular flexibility index (Phi) is 3.16. The maximum Gasteiger partial charge on any atom is 0.0843 e. The first kappa shape index (κ1) is 8.02. The second-order valence-corrected chi connectivity index (χ2v) is 3.40. The third kappa shape index (κ3) is 2.27. The average molecular weight is 144 g/mol. The lowest BCUT2D eigenvalue weighted by Crippen LogP contribution is -2.61. The number of hydrogen-bond donors (Lipinski definition) is 2. The van der Waals surface area contributed by atoms with Crippen molar-refractivity contribution in [3.8, 4) is 0 Å². The van der Waals surface area contributed by atoms with Crippen LogP contribution in [0.1, 0.15) is 32.1 Å². The van der Waals surface area contributed by atoms with Gasteiger partial charge in [0, 0.05) is 6.61 Å². The molecular weight excluding hydrogens is 126 g/mol. The Morgan fingerprint density at radius 1 is 1.20 bits per heavy atom. The quantitative estimate of drug-likeness (QED) is 0.570. The number of rotatable bonds is 2. The Hall–Kier alpha value is -0.0800. The van der Waals surface area contributed by atoms with Crippen LogP contribution in [0, 0.1) is 5.92 Å². The second-order valence-electron chi connectivity index (χ2n) is 3.40. The smallest absolute Gasteiger partial charge is 0.0843 e. The predicted molar refractivity (Wildman–Crippen MR) is 40.3 cm³/mol. The fourth-order valence-electron chi connectivity index (χ4n) is 1.70. The molecule has 1 rings (SSSR count). The summed E-state index contributed by atoms with van der Waals surface area (Å²) in [5.41, 5.74) is 4.03. The van der Waals surface area contributed by atoms with Crippen molar-refractivity contribution in [1.82, 2.24) is 0 Å². The Labute approximate surface area is 62.4 Å². The summed E-state index contributed by atoms with van der Waals surface area (Å²) < 4.78 is 0. The van der Waals surface area contributed by atoms with Crippen LogP contribution in [0.25, 0.3) is 0 Å². The van der Waals surface area contributed by atoms with E-state index in [9.17, 15) is 0 Å². The van der Waals surface area contributed by atoms with E-state index in [1.807, 2.05) is 0 Å². The molecule has 0 bridgehead atoms. The monoisotopic (exact) mass is 144 g/mol. The molecule has 0 radical (unpaired) electrons. The zero-order chi connectivity index (χ0) is 7.40. The van der Waals surface area contributed by atoms with E-state index in [0.29, 0.717) is 12.6 Å². The zero-order valence-electron chi connectivity index (χ0n) is 6.55. The normalized spacial score (nSPS) is 34.2. The van der Waals surface area contributed by atoms with Crippen molar-refractivity contribution in [3.05, 3.63) is 0 Å². The van der Waals surface area contributed by atoms with E-state index in [2.05, 4.69) is 5.73 Å². The van der Waals surface area contributed by atoms with Crippen LogP contribution in [0.2, 0.25) is 0 Å². The summed E-state index contributed by atoms with van der Waals surface area (Å²) in [6.45, 7) is 0.368. The molecule has 0 aromatic carbocycles. The molecule has 0 aromatic rings.